The van der Waals surface area contributed by atoms with Crippen molar-refractivity contribution in [2.24, 2.45) is 10.7 Å². The quantitative estimate of drug-likeness (QED) is 0.356. The van der Waals surface area contributed by atoms with Crippen molar-refractivity contribution in [1.82, 2.24) is 9.88 Å². The van der Waals surface area contributed by atoms with Crippen LogP contribution in [0.25, 0.3) is 0 Å². The number of nitrogens with zero attached hydrogens (tertiary/aromatic N) is 4. The summed E-state index contributed by atoms with van der Waals surface area (Å²) < 4.78 is 42.4. The molecule has 29 heavy (non-hydrogen) atoms. The minimum absolute atomic E-state index is 0. The maximum Gasteiger partial charge on any atom is 0.422 e. The van der Waals surface area contributed by atoms with Crippen LogP contribution in [-0.4, -0.2) is 54.8 Å². The van der Waals surface area contributed by atoms with Crippen LogP contribution in [0.2, 0.25) is 0 Å². The van der Waals surface area contributed by atoms with E-state index in [9.17, 15) is 13.2 Å². The van der Waals surface area contributed by atoms with Gasteiger partial charge < -0.3 is 20.3 Å². The molecule has 0 unspecified atom stereocenters. The second kappa shape index (κ2) is 10.3. The Bertz CT molecular complexity index is 808. The van der Waals surface area contributed by atoms with Gasteiger partial charge in [-0.1, -0.05) is 12.1 Å². The van der Waals surface area contributed by atoms with E-state index in [1.54, 1.807) is 36.6 Å². The van der Waals surface area contributed by atoms with Gasteiger partial charge in [-0.25, -0.2) is 9.98 Å². The normalized spacial score (nSPS) is 15.2. The molecular weight excluding hydrogens is 518 g/mol. The average Bonchev–Trinajstić information content (AvgIpc) is 3.19. The molecule has 0 saturated carbocycles. The lowest BCUT2D eigenvalue weighted by Gasteiger charge is -2.35. The molecule has 0 amide bonds. The molecule has 2 aromatic rings. The molecule has 1 aliphatic heterocycles. The van der Waals surface area contributed by atoms with E-state index in [-0.39, 0.29) is 36.3 Å². The first-order valence-electron chi connectivity index (χ1n) is 8.80. The van der Waals surface area contributed by atoms with E-state index in [4.69, 9.17) is 10.5 Å². The molecule has 0 radical (unpaired) electrons. The first-order chi connectivity index (χ1) is 13.3. The van der Waals surface area contributed by atoms with Crippen molar-refractivity contribution in [2.75, 3.05) is 37.7 Å². The molecule has 0 spiro atoms. The number of nitrogens with two attached hydrogens (primary N) is 1. The standard InChI is InChI=1S/C18H22F3N5OS.HI/c1-13-2-3-14(15(10-13)27-12-18(19,20)21)11-24-16(22)25-5-7-26(8-6-25)17-23-4-9-28-17;/h2-4,9-10H,5-8,11-12H2,1H3,(H2,22,24);1H. The molecule has 0 aliphatic carbocycles. The van der Waals surface area contributed by atoms with Gasteiger partial charge in [0.1, 0.15) is 5.75 Å². The number of thiazole rings is 1. The number of alkyl halides is 3. The van der Waals surface area contributed by atoms with E-state index in [1.807, 2.05) is 16.3 Å². The van der Waals surface area contributed by atoms with E-state index in [2.05, 4.69) is 14.9 Å². The third-order valence-corrected chi connectivity index (χ3v) is 5.15. The number of aryl methyl sites for hydroxylation is 1. The molecule has 1 saturated heterocycles. The Hall–Kier alpha value is -1.76. The second-order valence-electron chi connectivity index (χ2n) is 6.48. The van der Waals surface area contributed by atoms with Gasteiger partial charge >= 0.3 is 6.18 Å². The number of aromatic nitrogens is 1. The van der Waals surface area contributed by atoms with Crippen LogP contribution >= 0.6 is 35.3 Å². The van der Waals surface area contributed by atoms with Crippen LogP contribution in [0.4, 0.5) is 18.3 Å². The van der Waals surface area contributed by atoms with Crippen LogP contribution in [0.15, 0.2) is 34.8 Å². The van der Waals surface area contributed by atoms with Crippen molar-refractivity contribution < 1.29 is 17.9 Å². The van der Waals surface area contributed by atoms with Gasteiger partial charge in [0.05, 0.1) is 6.54 Å². The zero-order valence-corrected chi connectivity index (χ0v) is 19.0. The van der Waals surface area contributed by atoms with Crippen molar-refractivity contribution in [2.45, 2.75) is 19.6 Å². The Morgan fingerprint density at radius 3 is 2.62 bits per heavy atom. The molecule has 2 heterocycles. The minimum Gasteiger partial charge on any atom is -0.484 e. The molecule has 11 heteroatoms. The Balaban J connectivity index is 0.00000300. The van der Waals surface area contributed by atoms with Crippen LogP contribution in [0.1, 0.15) is 11.1 Å². The van der Waals surface area contributed by atoms with Crippen LogP contribution in [0.5, 0.6) is 5.75 Å². The number of hydrogen-bond donors (Lipinski definition) is 1. The highest BCUT2D eigenvalue weighted by molar-refractivity contribution is 14.0. The zero-order chi connectivity index (χ0) is 20.1. The Kier molecular flexibility index (Phi) is 8.37. The molecule has 2 N–H and O–H groups in total. The maximum atomic E-state index is 12.5. The predicted molar refractivity (Wildman–Crippen MR) is 119 cm³/mol. The fourth-order valence-electron chi connectivity index (χ4n) is 2.85. The van der Waals surface area contributed by atoms with Gasteiger partial charge in [0, 0.05) is 43.3 Å². The Morgan fingerprint density at radius 1 is 1.28 bits per heavy atom. The van der Waals surface area contributed by atoms with Gasteiger partial charge in [0.2, 0.25) is 0 Å². The molecule has 160 valence electrons. The molecule has 1 aromatic carbocycles. The summed E-state index contributed by atoms with van der Waals surface area (Å²) in [6.07, 6.45) is -2.61. The molecule has 0 bridgehead atoms. The molecule has 6 nitrogen and oxygen atoms in total. The minimum atomic E-state index is -4.39. The van der Waals surface area contributed by atoms with E-state index >= 15 is 0 Å². The monoisotopic (exact) mass is 541 g/mol. The second-order valence-corrected chi connectivity index (χ2v) is 7.35. The fraction of sp³-hybridized carbons (Fsp3) is 0.444. The summed E-state index contributed by atoms with van der Waals surface area (Å²) in [5.74, 6) is 0.559. The lowest BCUT2D eigenvalue weighted by atomic mass is 10.1. The van der Waals surface area contributed by atoms with E-state index in [1.165, 1.54) is 0 Å². The number of piperazine rings is 1. The SMILES string of the molecule is Cc1ccc(CN=C(N)N2CCN(c3nccs3)CC2)c(OCC(F)(F)F)c1.I. The van der Waals surface area contributed by atoms with Crippen LogP contribution in [0, 0.1) is 6.92 Å². The summed E-state index contributed by atoms with van der Waals surface area (Å²) in [6, 6.07) is 5.12. The third-order valence-electron chi connectivity index (χ3n) is 4.32. The van der Waals surface area contributed by atoms with Crippen molar-refractivity contribution >= 4 is 46.4 Å². The van der Waals surface area contributed by atoms with Gasteiger partial charge in [-0.05, 0) is 18.6 Å². The summed E-state index contributed by atoms with van der Waals surface area (Å²) in [7, 11) is 0. The lowest BCUT2D eigenvalue weighted by molar-refractivity contribution is -0.153. The molecular formula is C18H23F3IN5OS. The van der Waals surface area contributed by atoms with Gasteiger partial charge in [-0.3, -0.25) is 0 Å². The predicted octanol–water partition coefficient (Wildman–Crippen LogP) is 3.65. The molecule has 1 fully saturated rings. The summed E-state index contributed by atoms with van der Waals surface area (Å²) in [5.41, 5.74) is 7.49. The lowest BCUT2D eigenvalue weighted by Crippen LogP contribution is -2.51. The largest absolute Gasteiger partial charge is 0.484 e. The summed E-state index contributed by atoms with van der Waals surface area (Å²) in [5, 5.41) is 2.93. The van der Waals surface area contributed by atoms with E-state index in [0.29, 0.717) is 24.6 Å². The highest BCUT2D eigenvalue weighted by atomic mass is 127. The number of halogens is 4. The van der Waals surface area contributed by atoms with Gasteiger partial charge in [0.15, 0.2) is 17.7 Å². The highest BCUT2D eigenvalue weighted by Gasteiger charge is 2.29. The molecule has 0 atom stereocenters. The van der Waals surface area contributed by atoms with Crippen molar-refractivity contribution in [1.29, 1.82) is 0 Å². The van der Waals surface area contributed by atoms with Gasteiger partial charge in [0.25, 0.3) is 0 Å². The van der Waals surface area contributed by atoms with E-state index in [0.717, 1.165) is 23.8 Å². The number of guanidine groups is 1. The number of rotatable bonds is 5. The zero-order valence-electron chi connectivity index (χ0n) is 15.9. The van der Waals surface area contributed by atoms with Crippen molar-refractivity contribution in [3.63, 3.8) is 0 Å². The molecule has 1 aliphatic rings. The first-order valence-corrected chi connectivity index (χ1v) is 9.68. The Labute approximate surface area is 188 Å². The number of ether oxygens (including phenoxy) is 1. The smallest absolute Gasteiger partial charge is 0.422 e. The third kappa shape index (κ3) is 6.91. The van der Waals surface area contributed by atoms with Crippen LogP contribution < -0.4 is 15.4 Å². The summed E-state index contributed by atoms with van der Waals surface area (Å²) in [4.78, 5) is 12.8. The van der Waals surface area contributed by atoms with Crippen LogP contribution in [0.3, 0.4) is 0 Å². The molecule has 3 rings (SSSR count). The maximum absolute atomic E-state index is 12.5. The van der Waals surface area contributed by atoms with Gasteiger partial charge in [-0.15, -0.1) is 35.3 Å². The first kappa shape index (κ1) is 23.5. The Morgan fingerprint density at radius 2 is 2.00 bits per heavy atom. The molecule has 1 aromatic heterocycles. The topological polar surface area (TPSA) is 67.0 Å². The van der Waals surface area contributed by atoms with Crippen LogP contribution in [-0.2, 0) is 6.54 Å². The van der Waals surface area contributed by atoms with Crippen molar-refractivity contribution in [3.8, 4) is 5.75 Å². The number of aliphatic imine (C=N–C) groups is 1. The fourth-order valence-corrected chi connectivity index (χ4v) is 3.55. The highest BCUT2D eigenvalue weighted by Crippen LogP contribution is 2.24. The number of benzene rings is 1. The number of hydrogen-bond acceptors (Lipinski definition) is 5. The number of anilines is 1. The van der Waals surface area contributed by atoms with Gasteiger partial charge in [-0.2, -0.15) is 13.2 Å². The summed E-state index contributed by atoms with van der Waals surface area (Å²) in [6.45, 7) is 3.61. The van der Waals surface area contributed by atoms with E-state index < -0.39 is 12.8 Å². The van der Waals surface area contributed by atoms with Crippen molar-refractivity contribution in [3.05, 3.63) is 40.9 Å². The summed E-state index contributed by atoms with van der Waals surface area (Å²) >= 11 is 1.60. The average molecular weight is 541 g/mol.